The molecule has 0 saturated heterocycles. The maximum Gasteiger partial charge on any atom is 0.128 e. The molecule has 0 atom stereocenters. The zero-order valence-corrected chi connectivity index (χ0v) is 29.4. The fourth-order valence-corrected chi connectivity index (χ4v) is 5.22. The van der Waals surface area contributed by atoms with Gasteiger partial charge in [0.2, 0.25) is 0 Å². The summed E-state index contributed by atoms with van der Waals surface area (Å²) in [7, 11) is 0. The van der Waals surface area contributed by atoms with E-state index >= 15 is 0 Å². The Kier molecular flexibility index (Phi) is 11.4. The third kappa shape index (κ3) is 10.4. The Bertz CT molecular complexity index is 1550. The van der Waals surface area contributed by atoms with E-state index in [1.807, 2.05) is 72.8 Å². The van der Waals surface area contributed by atoms with E-state index in [4.69, 9.17) is 0 Å². The molecule has 6 nitrogen and oxygen atoms in total. The molecule has 0 aromatic heterocycles. The first-order chi connectivity index (χ1) is 22.1. The second-order valence-corrected chi connectivity index (χ2v) is 15.2. The molecule has 4 aromatic carbocycles. The zero-order chi connectivity index (χ0) is 34.2. The highest BCUT2D eigenvalue weighted by Crippen LogP contribution is 2.32. The van der Waals surface area contributed by atoms with Crippen molar-refractivity contribution < 1.29 is 10.2 Å². The molecule has 0 heterocycles. The van der Waals surface area contributed by atoms with Gasteiger partial charge >= 0.3 is 0 Å². The van der Waals surface area contributed by atoms with E-state index in [-0.39, 0.29) is 27.7 Å². The van der Waals surface area contributed by atoms with E-state index in [9.17, 15) is 10.2 Å². The van der Waals surface area contributed by atoms with Crippen molar-refractivity contribution in [2.75, 3.05) is 13.1 Å². The van der Waals surface area contributed by atoms with Crippen molar-refractivity contribution in [2.45, 2.75) is 79.3 Å². The molecule has 0 radical (unpaired) electrons. The maximum atomic E-state index is 11.2. The van der Waals surface area contributed by atoms with Crippen molar-refractivity contribution >= 4 is 23.8 Å². The lowest BCUT2D eigenvalue weighted by Crippen LogP contribution is -2.37. The zero-order valence-electron chi connectivity index (χ0n) is 29.4. The third-order valence-corrected chi connectivity index (χ3v) is 8.22. The lowest BCUT2D eigenvalue weighted by atomic mass is 9.84. The van der Waals surface area contributed by atoms with Gasteiger partial charge in [0.25, 0.3) is 0 Å². The van der Waals surface area contributed by atoms with Gasteiger partial charge in [-0.15, -0.1) is 0 Å². The average molecular weight is 633 g/mol. The van der Waals surface area contributed by atoms with Crippen LogP contribution in [0.2, 0.25) is 0 Å². The number of hydrogen-bond donors (Lipinski definition) is 4. The highest BCUT2D eigenvalue weighted by molar-refractivity contribution is 5.87. The molecule has 0 bridgehead atoms. The van der Waals surface area contributed by atoms with Crippen LogP contribution >= 0.6 is 0 Å². The Labute approximate surface area is 281 Å². The minimum absolute atomic E-state index is 0.0793. The van der Waals surface area contributed by atoms with Crippen LogP contribution in [-0.4, -0.2) is 35.7 Å². The molecule has 0 saturated carbocycles. The maximum absolute atomic E-state index is 11.2. The number of nitrogens with zero attached hydrogens (tertiary/aromatic N) is 2. The fourth-order valence-electron chi connectivity index (χ4n) is 5.22. The number of phenols is 2. The smallest absolute Gasteiger partial charge is 0.128 e. The lowest BCUT2D eigenvalue weighted by molar-refractivity contribution is 0.317. The average Bonchev–Trinajstić information content (AvgIpc) is 3.01. The van der Waals surface area contributed by atoms with Gasteiger partial charge in [0.1, 0.15) is 11.5 Å². The van der Waals surface area contributed by atoms with Crippen LogP contribution in [0.3, 0.4) is 0 Å². The molecule has 0 aliphatic carbocycles. The third-order valence-electron chi connectivity index (χ3n) is 8.22. The van der Waals surface area contributed by atoms with Crippen LogP contribution in [0.5, 0.6) is 11.5 Å². The van der Waals surface area contributed by atoms with E-state index in [0.29, 0.717) is 24.2 Å². The molecule has 0 unspecified atom stereocenters. The lowest BCUT2D eigenvalue weighted by Gasteiger charge is -2.27. The first-order valence-electron chi connectivity index (χ1n) is 16.4. The number of nitrogens with one attached hydrogen (secondary N) is 2. The quantitative estimate of drug-likeness (QED) is 0.117. The number of phenolic OH excluding ortho intramolecular Hbond substituents is 2. The van der Waals surface area contributed by atoms with Crippen LogP contribution in [0.15, 0.2) is 94.9 Å². The molecular formula is C41H52N4O2. The molecule has 0 fully saturated rings. The van der Waals surface area contributed by atoms with Crippen LogP contribution in [-0.2, 0) is 23.9 Å². The Morgan fingerprint density at radius 2 is 0.915 bits per heavy atom. The summed E-state index contributed by atoms with van der Waals surface area (Å²) in [5.41, 5.74) is 6.86. The highest BCUT2D eigenvalue weighted by Gasteiger charge is 2.22. The van der Waals surface area contributed by atoms with Crippen LogP contribution < -0.4 is 10.6 Å². The van der Waals surface area contributed by atoms with E-state index in [1.165, 1.54) is 0 Å². The van der Waals surface area contributed by atoms with Crippen molar-refractivity contribution in [1.82, 2.24) is 10.6 Å². The van der Waals surface area contributed by atoms with Crippen molar-refractivity contribution in [3.63, 3.8) is 0 Å². The van der Waals surface area contributed by atoms with Gasteiger partial charge in [-0.05, 0) is 63.8 Å². The predicted molar refractivity (Wildman–Crippen MR) is 198 cm³/mol. The summed E-state index contributed by atoms with van der Waals surface area (Å²) in [6, 6.07) is 27.8. The Hall–Kier alpha value is -4.26. The molecule has 0 aliphatic heterocycles. The molecule has 0 aliphatic rings. The monoisotopic (exact) mass is 632 g/mol. The molecule has 4 aromatic rings. The summed E-state index contributed by atoms with van der Waals surface area (Å²) in [6.45, 7) is 20.0. The van der Waals surface area contributed by atoms with Crippen molar-refractivity contribution in [3.05, 3.63) is 118 Å². The summed E-state index contributed by atoms with van der Waals surface area (Å²) in [6.07, 6.45) is 3.50. The number of aromatic hydroxyl groups is 2. The second-order valence-electron chi connectivity index (χ2n) is 15.2. The number of rotatable bonds is 12. The van der Waals surface area contributed by atoms with Crippen LogP contribution in [0.1, 0.15) is 88.8 Å². The number of aliphatic imine (C=N–C) groups is 2. The van der Waals surface area contributed by atoms with Crippen LogP contribution in [0.4, 0.5) is 11.4 Å². The summed E-state index contributed by atoms with van der Waals surface area (Å²) in [4.78, 5) is 9.19. The normalized spacial score (nSPS) is 12.8. The van der Waals surface area contributed by atoms with Gasteiger partial charge in [-0.25, -0.2) is 0 Å². The number of benzene rings is 4. The van der Waals surface area contributed by atoms with E-state index in [0.717, 1.165) is 46.7 Å². The molecular weight excluding hydrogens is 580 g/mol. The fraction of sp³-hybridized carbons (Fsp3) is 0.366. The number of para-hydroxylation sites is 2. The molecule has 0 spiro atoms. The Morgan fingerprint density at radius 3 is 1.26 bits per heavy atom. The van der Waals surface area contributed by atoms with Crippen molar-refractivity contribution in [1.29, 1.82) is 0 Å². The van der Waals surface area contributed by atoms with E-state index in [1.54, 1.807) is 12.4 Å². The standard InChI is InChI=1S/C41H52N4O2/c1-39(2,3)33-19-29(37(46)31(21-33)25-44-35-15-11-9-12-16-35)23-42-27-41(7,8)28-43-24-30-20-34(40(4,5)6)22-32(38(30)47)26-45-36-17-13-10-14-18-36/h9-22,25-26,42-43,46-47H,23-24,27-28H2,1-8H3/b44-25+,45-26+. The molecule has 0 amide bonds. The highest BCUT2D eigenvalue weighted by atomic mass is 16.3. The molecule has 4 N–H and O–H groups in total. The predicted octanol–water partition coefficient (Wildman–Crippen LogP) is 9.10. The minimum Gasteiger partial charge on any atom is -0.507 e. The summed E-state index contributed by atoms with van der Waals surface area (Å²) in [5.74, 6) is 0.504. The van der Waals surface area contributed by atoms with Gasteiger partial charge in [0.05, 0.1) is 11.4 Å². The first kappa shape index (κ1) is 35.6. The number of hydrogen-bond acceptors (Lipinski definition) is 6. The van der Waals surface area contributed by atoms with Crippen molar-refractivity contribution in [3.8, 4) is 11.5 Å². The Morgan fingerprint density at radius 1 is 0.553 bits per heavy atom. The summed E-state index contributed by atoms with van der Waals surface area (Å²) >= 11 is 0. The van der Waals surface area contributed by atoms with Gasteiger partial charge in [0.15, 0.2) is 0 Å². The van der Waals surface area contributed by atoms with Crippen molar-refractivity contribution in [2.24, 2.45) is 15.4 Å². The SMILES string of the molecule is CC(C)(CNCc1cc(C(C)(C)C)cc(/C=N/c2ccccc2)c1O)CNCc1cc(C(C)(C)C)cc(/C=N/c2ccccc2)c1O. The van der Waals surface area contributed by atoms with Gasteiger partial charge < -0.3 is 20.8 Å². The van der Waals surface area contributed by atoms with Gasteiger partial charge in [-0.3, -0.25) is 9.98 Å². The van der Waals surface area contributed by atoms with Gasteiger partial charge in [-0.2, -0.15) is 0 Å². The molecule has 4 rings (SSSR count). The Balaban J connectivity index is 1.43. The van der Waals surface area contributed by atoms with E-state index in [2.05, 4.69) is 88.1 Å². The summed E-state index contributed by atoms with van der Waals surface area (Å²) < 4.78 is 0. The largest absolute Gasteiger partial charge is 0.507 e. The first-order valence-corrected chi connectivity index (χ1v) is 16.4. The topological polar surface area (TPSA) is 89.2 Å². The van der Waals surface area contributed by atoms with E-state index < -0.39 is 0 Å². The van der Waals surface area contributed by atoms with Crippen LogP contribution in [0, 0.1) is 5.41 Å². The molecule has 248 valence electrons. The van der Waals surface area contributed by atoms with Crippen LogP contribution in [0.25, 0.3) is 0 Å². The van der Waals surface area contributed by atoms with Gasteiger partial charge in [0, 0.05) is 60.9 Å². The van der Waals surface area contributed by atoms with Gasteiger partial charge in [-0.1, -0.05) is 104 Å². The molecule has 6 heteroatoms. The second kappa shape index (κ2) is 15.1. The minimum atomic E-state index is -0.0935. The molecule has 47 heavy (non-hydrogen) atoms. The summed E-state index contributed by atoms with van der Waals surface area (Å²) in [5, 5.41) is 29.6.